The van der Waals surface area contributed by atoms with Crippen LogP contribution in [-0.2, 0) is 6.61 Å². The van der Waals surface area contributed by atoms with Crippen LogP contribution in [0.2, 0.25) is 0 Å². The average molecular weight is 312 g/mol. The molecule has 2 heterocycles. The first-order valence-corrected chi connectivity index (χ1v) is 7.42. The van der Waals surface area contributed by atoms with Gasteiger partial charge in [-0.05, 0) is 31.5 Å². The number of ether oxygens (including phenoxy) is 3. The van der Waals surface area contributed by atoms with Crippen molar-refractivity contribution in [3.05, 3.63) is 47.3 Å². The summed E-state index contributed by atoms with van der Waals surface area (Å²) in [5, 5.41) is 1.13. The molecule has 0 amide bonds. The normalized spacial score (nSPS) is 10.8. The lowest BCUT2D eigenvalue weighted by Crippen LogP contribution is -2.02. The minimum Gasteiger partial charge on any atom is -0.493 e. The summed E-state index contributed by atoms with van der Waals surface area (Å²) in [4.78, 5) is 7.69. The van der Waals surface area contributed by atoms with E-state index in [1.54, 1.807) is 20.4 Å². The number of H-pyrrole nitrogens is 1. The summed E-state index contributed by atoms with van der Waals surface area (Å²) >= 11 is 0. The highest BCUT2D eigenvalue weighted by molar-refractivity contribution is 5.87. The number of methoxy groups -OCH3 is 2. The fourth-order valence-electron chi connectivity index (χ4n) is 2.68. The van der Waals surface area contributed by atoms with E-state index in [-0.39, 0.29) is 0 Å². The van der Waals surface area contributed by atoms with Gasteiger partial charge >= 0.3 is 0 Å². The first kappa shape index (κ1) is 15.2. The molecule has 0 unspecified atom stereocenters. The SMILES string of the molecule is COc1cccc(COc2nccc3c(C)c(C)[nH]c23)c1OC. The smallest absolute Gasteiger partial charge is 0.238 e. The van der Waals surface area contributed by atoms with Crippen molar-refractivity contribution in [1.29, 1.82) is 0 Å². The molecule has 0 saturated carbocycles. The molecule has 0 aliphatic heterocycles. The van der Waals surface area contributed by atoms with E-state index in [1.807, 2.05) is 31.2 Å². The van der Waals surface area contributed by atoms with E-state index in [9.17, 15) is 0 Å². The van der Waals surface area contributed by atoms with Gasteiger partial charge in [0.15, 0.2) is 11.5 Å². The Labute approximate surface area is 135 Å². The molecule has 5 heteroatoms. The number of benzene rings is 1. The maximum atomic E-state index is 5.94. The number of aromatic amines is 1. The second-order valence-corrected chi connectivity index (χ2v) is 5.35. The fourth-order valence-corrected chi connectivity index (χ4v) is 2.68. The summed E-state index contributed by atoms with van der Waals surface area (Å²) in [6.45, 7) is 4.48. The molecule has 0 aliphatic rings. The molecule has 23 heavy (non-hydrogen) atoms. The molecular weight excluding hydrogens is 292 g/mol. The Kier molecular flexibility index (Phi) is 4.10. The van der Waals surface area contributed by atoms with E-state index in [0.717, 1.165) is 22.2 Å². The van der Waals surface area contributed by atoms with Crippen LogP contribution in [0.25, 0.3) is 10.9 Å². The average Bonchev–Trinajstić information content (AvgIpc) is 2.87. The quantitative estimate of drug-likeness (QED) is 0.779. The molecule has 2 aromatic heterocycles. The molecule has 0 saturated heterocycles. The summed E-state index contributed by atoms with van der Waals surface area (Å²) in [5.41, 5.74) is 4.16. The van der Waals surface area contributed by atoms with Gasteiger partial charge in [-0.2, -0.15) is 0 Å². The Morgan fingerprint density at radius 2 is 1.91 bits per heavy atom. The zero-order chi connectivity index (χ0) is 16.4. The Hall–Kier alpha value is -2.69. The van der Waals surface area contributed by atoms with Crippen molar-refractivity contribution >= 4 is 10.9 Å². The second kappa shape index (κ2) is 6.20. The molecule has 3 rings (SSSR count). The minimum absolute atomic E-state index is 0.351. The zero-order valence-corrected chi connectivity index (χ0v) is 13.8. The molecule has 1 N–H and O–H groups in total. The van der Waals surface area contributed by atoms with Gasteiger partial charge in [-0.3, -0.25) is 0 Å². The number of aromatic nitrogens is 2. The minimum atomic E-state index is 0.351. The molecule has 0 spiro atoms. The molecule has 0 bridgehead atoms. The molecular formula is C18H20N2O3. The van der Waals surface area contributed by atoms with Gasteiger partial charge in [-0.25, -0.2) is 4.98 Å². The number of para-hydroxylation sites is 1. The Balaban J connectivity index is 1.91. The Bertz CT molecular complexity index is 840. The van der Waals surface area contributed by atoms with Crippen LogP contribution in [-0.4, -0.2) is 24.2 Å². The molecule has 1 aromatic carbocycles. The first-order valence-electron chi connectivity index (χ1n) is 7.42. The van der Waals surface area contributed by atoms with Crippen LogP contribution < -0.4 is 14.2 Å². The van der Waals surface area contributed by atoms with Gasteiger partial charge in [-0.15, -0.1) is 0 Å². The number of hydrogen-bond donors (Lipinski definition) is 1. The Morgan fingerprint density at radius 3 is 2.65 bits per heavy atom. The lowest BCUT2D eigenvalue weighted by atomic mass is 10.2. The van der Waals surface area contributed by atoms with Gasteiger partial charge in [0.2, 0.25) is 5.88 Å². The van der Waals surface area contributed by atoms with E-state index in [2.05, 4.69) is 16.9 Å². The molecule has 3 aromatic rings. The van der Waals surface area contributed by atoms with E-state index >= 15 is 0 Å². The summed E-state index contributed by atoms with van der Waals surface area (Å²) < 4.78 is 16.7. The molecule has 0 radical (unpaired) electrons. The van der Waals surface area contributed by atoms with Crippen LogP contribution in [0.3, 0.4) is 0 Å². The number of aryl methyl sites for hydroxylation is 2. The topological polar surface area (TPSA) is 56.4 Å². The van der Waals surface area contributed by atoms with Crippen LogP contribution in [0.15, 0.2) is 30.5 Å². The fraction of sp³-hybridized carbons (Fsp3) is 0.278. The van der Waals surface area contributed by atoms with Gasteiger partial charge < -0.3 is 19.2 Å². The van der Waals surface area contributed by atoms with E-state index < -0.39 is 0 Å². The lowest BCUT2D eigenvalue weighted by molar-refractivity contribution is 0.284. The maximum absolute atomic E-state index is 5.94. The van der Waals surface area contributed by atoms with Crippen LogP contribution in [0, 0.1) is 13.8 Å². The first-order chi connectivity index (χ1) is 11.2. The van der Waals surface area contributed by atoms with Crippen molar-refractivity contribution in [3.63, 3.8) is 0 Å². The number of nitrogens with one attached hydrogen (secondary N) is 1. The van der Waals surface area contributed by atoms with Gasteiger partial charge in [0.1, 0.15) is 12.1 Å². The summed E-state index contributed by atoms with van der Waals surface area (Å²) in [7, 11) is 3.24. The monoisotopic (exact) mass is 312 g/mol. The summed E-state index contributed by atoms with van der Waals surface area (Å²) in [6.07, 6.45) is 1.76. The summed E-state index contributed by atoms with van der Waals surface area (Å²) in [5.74, 6) is 1.95. The molecule has 0 fully saturated rings. The van der Waals surface area contributed by atoms with Crippen molar-refractivity contribution in [3.8, 4) is 17.4 Å². The third kappa shape index (κ3) is 2.70. The highest BCUT2D eigenvalue weighted by atomic mass is 16.5. The molecule has 120 valence electrons. The van der Waals surface area contributed by atoms with E-state index in [0.29, 0.717) is 24.0 Å². The van der Waals surface area contributed by atoms with E-state index in [4.69, 9.17) is 14.2 Å². The largest absolute Gasteiger partial charge is 0.493 e. The van der Waals surface area contributed by atoms with E-state index in [1.165, 1.54) is 5.56 Å². The predicted molar refractivity (Wildman–Crippen MR) is 89.4 cm³/mol. The lowest BCUT2D eigenvalue weighted by Gasteiger charge is -2.13. The van der Waals surface area contributed by atoms with Gasteiger partial charge in [0.05, 0.1) is 14.2 Å². The number of fused-ring (bicyclic) bond motifs is 1. The number of rotatable bonds is 5. The summed E-state index contributed by atoms with van der Waals surface area (Å²) in [6, 6.07) is 7.72. The molecule has 0 atom stereocenters. The highest BCUT2D eigenvalue weighted by Gasteiger charge is 2.13. The van der Waals surface area contributed by atoms with Crippen LogP contribution in [0.5, 0.6) is 17.4 Å². The number of pyridine rings is 1. The highest BCUT2D eigenvalue weighted by Crippen LogP contribution is 2.32. The molecule has 5 nitrogen and oxygen atoms in total. The number of hydrogen-bond acceptors (Lipinski definition) is 4. The van der Waals surface area contributed by atoms with Crippen LogP contribution in [0.1, 0.15) is 16.8 Å². The second-order valence-electron chi connectivity index (χ2n) is 5.35. The molecule has 0 aliphatic carbocycles. The van der Waals surface area contributed by atoms with Crippen LogP contribution >= 0.6 is 0 Å². The van der Waals surface area contributed by atoms with Crippen molar-refractivity contribution in [2.45, 2.75) is 20.5 Å². The van der Waals surface area contributed by atoms with Gasteiger partial charge in [0, 0.05) is 22.8 Å². The standard InChI is InChI=1S/C18H20N2O3/c1-11-12(2)20-16-14(11)8-9-19-18(16)23-10-13-6-5-7-15(21-3)17(13)22-4/h5-9,20H,10H2,1-4H3. The van der Waals surface area contributed by atoms with Gasteiger partial charge in [0.25, 0.3) is 0 Å². The van der Waals surface area contributed by atoms with Crippen molar-refractivity contribution < 1.29 is 14.2 Å². The van der Waals surface area contributed by atoms with Crippen molar-refractivity contribution in [1.82, 2.24) is 9.97 Å². The maximum Gasteiger partial charge on any atom is 0.238 e. The Morgan fingerprint density at radius 1 is 1.09 bits per heavy atom. The van der Waals surface area contributed by atoms with Gasteiger partial charge in [-0.1, -0.05) is 12.1 Å². The predicted octanol–water partition coefficient (Wildman–Crippen LogP) is 3.78. The third-order valence-electron chi connectivity index (χ3n) is 4.04. The van der Waals surface area contributed by atoms with Crippen molar-refractivity contribution in [2.24, 2.45) is 0 Å². The number of nitrogens with zero attached hydrogens (tertiary/aromatic N) is 1. The van der Waals surface area contributed by atoms with Crippen LogP contribution in [0.4, 0.5) is 0 Å². The van der Waals surface area contributed by atoms with Crippen molar-refractivity contribution in [2.75, 3.05) is 14.2 Å². The zero-order valence-electron chi connectivity index (χ0n) is 13.8. The third-order valence-corrected chi connectivity index (χ3v) is 4.04.